The maximum absolute atomic E-state index is 6.25. The Bertz CT molecular complexity index is 1420. The van der Waals surface area contributed by atoms with Crippen LogP contribution in [0.25, 0.3) is 22.5 Å². The van der Waals surface area contributed by atoms with Gasteiger partial charge in [0, 0.05) is 43.4 Å². The smallest absolute Gasteiger partial charge is 0.170 e. The number of hydrogen-bond acceptors (Lipinski definition) is 4. The number of ether oxygens (including phenoxy) is 2. The zero-order valence-corrected chi connectivity index (χ0v) is 24.3. The molecule has 1 radical (unpaired) electrons. The van der Waals surface area contributed by atoms with Gasteiger partial charge in [-0.25, -0.2) is 0 Å². The summed E-state index contributed by atoms with van der Waals surface area (Å²) in [6, 6.07) is 35.6. The molecule has 0 unspecified atom stereocenters. The molecule has 37 heavy (non-hydrogen) atoms. The van der Waals surface area contributed by atoms with Crippen molar-refractivity contribution in [3.05, 3.63) is 116 Å². The first-order valence-electron chi connectivity index (χ1n) is 11.8. The fourth-order valence-corrected chi connectivity index (χ4v) is 5.15. The normalized spacial score (nSPS) is 11.3. The molecular weight excluding hydrogens is 653 g/mol. The Morgan fingerprint density at radius 3 is 1.81 bits per heavy atom. The quantitative estimate of drug-likeness (QED) is 0.143. The SMILES string of the molecule is C[Si](C)(C)c1cnc(-c2[c-]cccc2)c2c1Oc1ccccc1O2.[Ir].[c-]1ccccc1-c1ccccn1. The molecule has 3 heterocycles. The minimum atomic E-state index is -1.64. The Kier molecular flexibility index (Phi) is 8.34. The summed E-state index contributed by atoms with van der Waals surface area (Å²) in [6.45, 7) is 6.84. The van der Waals surface area contributed by atoms with Crippen LogP contribution in [0.1, 0.15) is 0 Å². The first-order chi connectivity index (χ1) is 17.5. The standard InChI is InChI=1S/C20H18NO2Si.C11H8N.Ir/c1-24(2,3)17-13-21-18(14-9-5-4-6-10-14)20-19(17)22-15-11-7-8-12-16(15)23-20;1-2-6-10(7-3-1)11-8-4-5-9-12-11;/h4-9,11-13H,1-3H3;1-6,8-9H;/q2*-1;. The third kappa shape index (κ3) is 6.05. The van der Waals surface area contributed by atoms with Gasteiger partial charge in [0.15, 0.2) is 23.0 Å². The van der Waals surface area contributed by atoms with Crippen molar-refractivity contribution in [3.63, 3.8) is 0 Å². The summed E-state index contributed by atoms with van der Waals surface area (Å²) < 4.78 is 12.5. The molecule has 3 aromatic carbocycles. The van der Waals surface area contributed by atoms with Crippen LogP contribution in [0.5, 0.6) is 23.0 Å². The molecule has 0 aliphatic carbocycles. The summed E-state index contributed by atoms with van der Waals surface area (Å²) in [7, 11) is -1.64. The van der Waals surface area contributed by atoms with E-state index in [0.29, 0.717) is 5.75 Å². The van der Waals surface area contributed by atoms with E-state index in [9.17, 15) is 0 Å². The van der Waals surface area contributed by atoms with Crippen molar-refractivity contribution in [2.24, 2.45) is 0 Å². The molecule has 4 nitrogen and oxygen atoms in total. The van der Waals surface area contributed by atoms with E-state index in [1.807, 2.05) is 97.2 Å². The summed E-state index contributed by atoms with van der Waals surface area (Å²) in [6.07, 6.45) is 3.73. The average Bonchev–Trinajstić information content (AvgIpc) is 2.92. The van der Waals surface area contributed by atoms with E-state index in [1.54, 1.807) is 6.20 Å². The molecule has 6 rings (SSSR count). The molecule has 5 aromatic rings. The molecule has 0 amide bonds. The number of benzene rings is 3. The first-order valence-corrected chi connectivity index (χ1v) is 15.3. The van der Waals surface area contributed by atoms with Crippen molar-refractivity contribution >= 4 is 13.3 Å². The van der Waals surface area contributed by atoms with Crippen LogP contribution in [0, 0.1) is 12.1 Å². The van der Waals surface area contributed by atoms with Crippen LogP contribution in [0.15, 0.2) is 103 Å². The van der Waals surface area contributed by atoms with Gasteiger partial charge in [0.1, 0.15) is 0 Å². The monoisotopic (exact) mass is 679 g/mol. The molecule has 0 spiro atoms. The molecule has 0 saturated carbocycles. The minimum Gasteiger partial charge on any atom is -0.457 e. The van der Waals surface area contributed by atoms with Gasteiger partial charge < -0.3 is 19.4 Å². The van der Waals surface area contributed by atoms with Gasteiger partial charge in [-0.3, -0.25) is 0 Å². The summed E-state index contributed by atoms with van der Waals surface area (Å²) >= 11 is 0. The van der Waals surface area contributed by atoms with E-state index in [0.717, 1.165) is 45.0 Å². The van der Waals surface area contributed by atoms with Crippen LogP contribution in [0.4, 0.5) is 0 Å². The third-order valence-corrected chi connectivity index (χ3v) is 7.66. The maximum Gasteiger partial charge on any atom is 0.170 e. The topological polar surface area (TPSA) is 44.2 Å². The molecule has 0 atom stereocenters. The van der Waals surface area contributed by atoms with Gasteiger partial charge >= 0.3 is 0 Å². The van der Waals surface area contributed by atoms with Crippen molar-refractivity contribution in [1.29, 1.82) is 0 Å². The zero-order valence-electron chi connectivity index (χ0n) is 20.9. The van der Waals surface area contributed by atoms with E-state index in [-0.39, 0.29) is 20.1 Å². The number of para-hydroxylation sites is 2. The summed E-state index contributed by atoms with van der Waals surface area (Å²) in [5.74, 6) is 2.96. The van der Waals surface area contributed by atoms with Gasteiger partial charge in [-0.1, -0.05) is 43.9 Å². The van der Waals surface area contributed by atoms with Crippen molar-refractivity contribution in [1.82, 2.24) is 9.97 Å². The number of fused-ring (bicyclic) bond motifs is 2. The number of rotatable bonds is 3. The first kappa shape index (κ1) is 26.5. The Morgan fingerprint density at radius 2 is 1.24 bits per heavy atom. The maximum atomic E-state index is 6.25. The number of aromatic nitrogens is 2. The third-order valence-electron chi connectivity index (χ3n) is 5.68. The average molecular weight is 679 g/mol. The largest absolute Gasteiger partial charge is 0.457 e. The van der Waals surface area contributed by atoms with E-state index in [4.69, 9.17) is 14.5 Å². The Hall–Kier alpha value is -3.57. The van der Waals surface area contributed by atoms with Gasteiger partial charge in [0.2, 0.25) is 0 Å². The van der Waals surface area contributed by atoms with Crippen molar-refractivity contribution in [2.45, 2.75) is 19.6 Å². The molecule has 6 heteroatoms. The second-order valence-electron chi connectivity index (χ2n) is 9.35. The van der Waals surface area contributed by atoms with Crippen molar-refractivity contribution in [3.8, 4) is 45.5 Å². The number of pyridine rings is 2. The summed E-state index contributed by atoms with van der Waals surface area (Å²) in [4.78, 5) is 8.92. The predicted octanol–water partition coefficient (Wildman–Crippen LogP) is 7.54. The van der Waals surface area contributed by atoms with Crippen molar-refractivity contribution < 1.29 is 29.6 Å². The van der Waals surface area contributed by atoms with Gasteiger partial charge in [-0.05, 0) is 23.9 Å². The van der Waals surface area contributed by atoms with Gasteiger partial charge in [-0.15, -0.1) is 71.8 Å². The number of nitrogens with zero attached hydrogens (tertiary/aromatic N) is 2. The summed E-state index contributed by atoms with van der Waals surface area (Å²) in [5, 5.41) is 1.16. The van der Waals surface area contributed by atoms with E-state index < -0.39 is 8.07 Å². The fourth-order valence-electron chi connectivity index (χ4n) is 3.85. The van der Waals surface area contributed by atoms with Crippen LogP contribution >= 0.6 is 0 Å². The minimum absolute atomic E-state index is 0. The summed E-state index contributed by atoms with van der Waals surface area (Å²) in [5.41, 5.74) is 3.68. The van der Waals surface area contributed by atoms with Gasteiger partial charge in [0.25, 0.3) is 0 Å². The van der Waals surface area contributed by atoms with E-state index in [1.165, 1.54) is 0 Å². The fraction of sp³-hybridized carbons (Fsp3) is 0.0968. The van der Waals surface area contributed by atoms with Crippen molar-refractivity contribution in [2.75, 3.05) is 0 Å². The second kappa shape index (κ2) is 11.7. The number of hydrogen-bond donors (Lipinski definition) is 0. The van der Waals surface area contributed by atoms with E-state index >= 15 is 0 Å². The molecule has 1 aliphatic heterocycles. The molecule has 0 saturated heterocycles. The van der Waals surface area contributed by atoms with Crippen LogP contribution in [-0.4, -0.2) is 18.0 Å². The Labute approximate surface area is 232 Å². The molecule has 0 N–H and O–H groups in total. The van der Waals surface area contributed by atoms with Crippen LogP contribution < -0.4 is 14.7 Å². The Balaban J connectivity index is 0.000000208. The molecule has 1 aliphatic rings. The molecule has 187 valence electrons. The molecule has 0 fully saturated rings. The second-order valence-corrected chi connectivity index (χ2v) is 14.4. The van der Waals surface area contributed by atoms with Gasteiger partial charge in [0.05, 0.1) is 8.07 Å². The molecule has 0 bridgehead atoms. The molecular formula is C31H26IrN2O2Si-2. The van der Waals surface area contributed by atoms with Gasteiger partial charge in [-0.2, -0.15) is 0 Å². The van der Waals surface area contributed by atoms with Crippen LogP contribution in [0.2, 0.25) is 19.6 Å². The van der Waals surface area contributed by atoms with E-state index in [2.05, 4.69) is 36.8 Å². The molecule has 2 aromatic heterocycles. The van der Waals surface area contributed by atoms with Crippen LogP contribution in [0.3, 0.4) is 0 Å². The van der Waals surface area contributed by atoms with Crippen LogP contribution in [-0.2, 0) is 20.1 Å². The Morgan fingerprint density at radius 1 is 0.649 bits per heavy atom. The zero-order chi connectivity index (χ0) is 25.0. The predicted molar refractivity (Wildman–Crippen MR) is 147 cm³/mol.